The Hall–Kier alpha value is -0.795. The highest BCUT2D eigenvalue weighted by atomic mass is 16.6. The minimum atomic E-state index is -0.187. The molecule has 1 saturated heterocycles. The first-order valence-electron chi connectivity index (χ1n) is 5.78. The van der Waals surface area contributed by atoms with E-state index in [2.05, 4.69) is 45.9 Å². The van der Waals surface area contributed by atoms with Gasteiger partial charge in [0.25, 0.3) is 0 Å². The summed E-state index contributed by atoms with van der Waals surface area (Å²) in [4.78, 5) is 0. The van der Waals surface area contributed by atoms with Gasteiger partial charge in [-0.1, -0.05) is 43.2 Å². The van der Waals surface area contributed by atoms with Gasteiger partial charge < -0.3 is 9.31 Å². The molecule has 1 heterocycles. The topological polar surface area (TPSA) is 18.5 Å². The van der Waals surface area contributed by atoms with Crippen molar-refractivity contribution in [3.05, 3.63) is 29.3 Å². The largest absolute Gasteiger partial charge is 0.494 e. The first-order valence-corrected chi connectivity index (χ1v) is 5.78. The second kappa shape index (κ2) is 4.23. The molecule has 0 radical (unpaired) electrons. The molecule has 2 rings (SSSR count). The third-order valence-corrected chi connectivity index (χ3v) is 2.94. The van der Waals surface area contributed by atoms with Crippen molar-refractivity contribution < 1.29 is 9.31 Å². The van der Waals surface area contributed by atoms with E-state index in [0.29, 0.717) is 0 Å². The highest BCUT2D eigenvalue weighted by Gasteiger charge is 2.34. The molecule has 0 aromatic heterocycles. The van der Waals surface area contributed by atoms with Crippen molar-refractivity contribution in [1.29, 1.82) is 0 Å². The van der Waals surface area contributed by atoms with Crippen molar-refractivity contribution in [2.24, 2.45) is 5.41 Å². The normalized spacial score (nSPS) is 19.9. The molecule has 0 saturated carbocycles. The molecule has 0 aliphatic carbocycles. The van der Waals surface area contributed by atoms with Crippen LogP contribution in [0.1, 0.15) is 25.0 Å². The minimum absolute atomic E-state index is 0.133. The highest BCUT2D eigenvalue weighted by molar-refractivity contribution is 6.62. The smallest absolute Gasteiger partial charge is 0.407 e. The van der Waals surface area contributed by atoms with E-state index in [1.807, 2.05) is 0 Å². The molecule has 0 atom stereocenters. The molecule has 0 N–H and O–H groups in total. The lowest BCUT2D eigenvalue weighted by Gasteiger charge is -2.33. The van der Waals surface area contributed by atoms with Crippen molar-refractivity contribution in [1.82, 2.24) is 0 Å². The maximum Gasteiger partial charge on any atom is 0.494 e. The molecule has 0 amide bonds. The molecule has 1 aromatic carbocycles. The summed E-state index contributed by atoms with van der Waals surface area (Å²) < 4.78 is 11.6. The molecule has 1 aliphatic heterocycles. The minimum Gasteiger partial charge on any atom is -0.407 e. The summed E-state index contributed by atoms with van der Waals surface area (Å²) >= 11 is 0. The number of benzene rings is 1. The van der Waals surface area contributed by atoms with Gasteiger partial charge in [0, 0.05) is 18.6 Å². The van der Waals surface area contributed by atoms with Gasteiger partial charge in [-0.15, -0.1) is 0 Å². The number of rotatable bonds is 1. The van der Waals surface area contributed by atoms with Crippen LogP contribution in [-0.2, 0) is 9.31 Å². The predicted octanol–water partition coefficient (Wildman–Crippen LogP) is 2.07. The van der Waals surface area contributed by atoms with Gasteiger partial charge in [-0.2, -0.15) is 0 Å². The van der Waals surface area contributed by atoms with E-state index in [1.165, 1.54) is 11.1 Å². The van der Waals surface area contributed by atoms with Gasteiger partial charge >= 0.3 is 7.12 Å². The summed E-state index contributed by atoms with van der Waals surface area (Å²) in [5, 5.41) is 0. The lowest BCUT2D eigenvalue weighted by atomic mass is 9.73. The predicted molar refractivity (Wildman–Crippen MR) is 67.0 cm³/mol. The zero-order valence-corrected chi connectivity index (χ0v) is 10.5. The first kappa shape index (κ1) is 11.7. The molecule has 0 spiro atoms. The lowest BCUT2D eigenvalue weighted by Crippen LogP contribution is -2.48. The monoisotopic (exact) mass is 218 g/mol. The summed E-state index contributed by atoms with van der Waals surface area (Å²) in [5.41, 5.74) is 3.78. The Balaban J connectivity index is 2.17. The van der Waals surface area contributed by atoms with Crippen LogP contribution in [0.5, 0.6) is 0 Å². The van der Waals surface area contributed by atoms with Gasteiger partial charge in [-0.05, 0) is 19.3 Å². The molecule has 0 bridgehead atoms. The molecule has 3 heteroatoms. The Morgan fingerprint density at radius 2 is 1.75 bits per heavy atom. The zero-order chi connectivity index (χ0) is 11.8. The average molecular weight is 218 g/mol. The molecular formula is C13H19BO2. The Labute approximate surface area is 98.1 Å². The summed E-state index contributed by atoms with van der Waals surface area (Å²) in [5.74, 6) is 0. The molecule has 1 fully saturated rings. The van der Waals surface area contributed by atoms with Crippen LogP contribution in [0.3, 0.4) is 0 Å². The fourth-order valence-corrected chi connectivity index (χ4v) is 1.89. The van der Waals surface area contributed by atoms with Crippen molar-refractivity contribution in [3.63, 3.8) is 0 Å². The molecule has 86 valence electrons. The van der Waals surface area contributed by atoms with Gasteiger partial charge in [0.15, 0.2) is 0 Å². The highest BCUT2D eigenvalue weighted by Crippen LogP contribution is 2.21. The van der Waals surface area contributed by atoms with Gasteiger partial charge in [0.2, 0.25) is 0 Å². The van der Waals surface area contributed by atoms with Crippen molar-refractivity contribution in [2.75, 3.05) is 13.2 Å². The van der Waals surface area contributed by atoms with Crippen LogP contribution in [0.4, 0.5) is 0 Å². The Bertz CT molecular complexity index is 378. The van der Waals surface area contributed by atoms with E-state index in [0.717, 1.165) is 18.7 Å². The number of hydrogen-bond donors (Lipinski definition) is 0. The number of aryl methyl sites for hydroxylation is 2. The van der Waals surface area contributed by atoms with E-state index >= 15 is 0 Å². The van der Waals surface area contributed by atoms with Crippen LogP contribution in [0, 0.1) is 19.3 Å². The van der Waals surface area contributed by atoms with Crippen LogP contribution in [-0.4, -0.2) is 20.3 Å². The van der Waals surface area contributed by atoms with E-state index in [-0.39, 0.29) is 12.5 Å². The van der Waals surface area contributed by atoms with E-state index in [4.69, 9.17) is 9.31 Å². The van der Waals surface area contributed by atoms with Crippen LogP contribution in [0.25, 0.3) is 0 Å². The van der Waals surface area contributed by atoms with E-state index in [1.54, 1.807) is 0 Å². The summed E-state index contributed by atoms with van der Waals surface area (Å²) in [6, 6.07) is 6.39. The maximum atomic E-state index is 5.79. The Morgan fingerprint density at radius 1 is 1.12 bits per heavy atom. The van der Waals surface area contributed by atoms with Gasteiger partial charge in [0.05, 0.1) is 0 Å². The third-order valence-electron chi connectivity index (χ3n) is 2.94. The summed E-state index contributed by atoms with van der Waals surface area (Å²) in [6.45, 7) is 10.0. The van der Waals surface area contributed by atoms with Crippen LogP contribution in [0.15, 0.2) is 18.2 Å². The SMILES string of the molecule is Cc1ccc(C)c(B2OCC(C)(C)CO2)c1. The molecule has 0 unspecified atom stereocenters. The maximum absolute atomic E-state index is 5.79. The van der Waals surface area contributed by atoms with Crippen molar-refractivity contribution in [2.45, 2.75) is 27.7 Å². The van der Waals surface area contributed by atoms with E-state index in [9.17, 15) is 0 Å². The molecule has 1 aromatic rings. The zero-order valence-electron chi connectivity index (χ0n) is 10.5. The third kappa shape index (κ3) is 2.47. The standard InChI is InChI=1S/C13H19BO2/c1-10-5-6-11(2)12(7-10)14-15-8-13(3,4)9-16-14/h5-7H,8-9H2,1-4H3. The quantitative estimate of drug-likeness (QED) is 0.672. The van der Waals surface area contributed by atoms with Crippen molar-refractivity contribution in [3.8, 4) is 0 Å². The van der Waals surface area contributed by atoms with Crippen LogP contribution < -0.4 is 5.46 Å². The molecule has 1 aliphatic rings. The molecule has 16 heavy (non-hydrogen) atoms. The molecular weight excluding hydrogens is 199 g/mol. The summed E-state index contributed by atoms with van der Waals surface area (Å²) in [7, 11) is -0.187. The Morgan fingerprint density at radius 3 is 2.38 bits per heavy atom. The van der Waals surface area contributed by atoms with Crippen LogP contribution in [0.2, 0.25) is 0 Å². The lowest BCUT2D eigenvalue weighted by molar-refractivity contribution is 0.0342. The average Bonchev–Trinajstić information content (AvgIpc) is 2.22. The second-order valence-electron chi connectivity index (χ2n) is 5.48. The van der Waals surface area contributed by atoms with Crippen molar-refractivity contribution >= 4 is 12.6 Å². The van der Waals surface area contributed by atoms with Gasteiger partial charge in [0.1, 0.15) is 0 Å². The summed E-state index contributed by atoms with van der Waals surface area (Å²) in [6.07, 6.45) is 0. The first-order chi connectivity index (χ1) is 7.48. The van der Waals surface area contributed by atoms with Crippen LogP contribution >= 0.6 is 0 Å². The van der Waals surface area contributed by atoms with Gasteiger partial charge in [-0.25, -0.2) is 0 Å². The number of hydrogen-bond acceptors (Lipinski definition) is 2. The fourth-order valence-electron chi connectivity index (χ4n) is 1.89. The van der Waals surface area contributed by atoms with E-state index < -0.39 is 0 Å². The van der Waals surface area contributed by atoms with Gasteiger partial charge in [-0.3, -0.25) is 0 Å². The molecule has 2 nitrogen and oxygen atoms in total. The Kier molecular flexibility index (Phi) is 3.09. The fraction of sp³-hybridized carbons (Fsp3) is 0.538. The second-order valence-corrected chi connectivity index (χ2v) is 5.48.